The second kappa shape index (κ2) is 5.79. The quantitative estimate of drug-likeness (QED) is 0.859. The Morgan fingerprint density at radius 1 is 1.40 bits per heavy atom. The molecule has 0 aromatic carbocycles. The number of hydrogen-bond acceptors (Lipinski definition) is 4. The lowest BCUT2D eigenvalue weighted by molar-refractivity contribution is 0.181. The summed E-state index contributed by atoms with van der Waals surface area (Å²) in [5.74, 6) is 3.66. The number of furan rings is 1. The minimum Gasteiger partial charge on any atom is -0.465 e. The van der Waals surface area contributed by atoms with Crippen LogP contribution in [0.5, 0.6) is 0 Å². The Balaban J connectivity index is 1.67. The maximum Gasteiger partial charge on any atom is 0.137 e. The van der Waals surface area contributed by atoms with Crippen molar-refractivity contribution < 1.29 is 4.42 Å². The Morgan fingerprint density at radius 2 is 2.30 bits per heavy atom. The van der Waals surface area contributed by atoms with Crippen LogP contribution < -0.4 is 0 Å². The smallest absolute Gasteiger partial charge is 0.137 e. The summed E-state index contributed by atoms with van der Waals surface area (Å²) in [6, 6.07) is 4.11. The molecule has 1 fully saturated rings. The van der Waals surface area contributed by atoms with Gasteiger partial charge in [0.2, 0.25) is 0 Å². The molecule has 2 aromatic heterocycles. The van der Waals surface area contributed by atoms with Gasteiger partial charge in [-0.15, -0.1) is 10.2 Å². The molecule has 0 N–H and O–H groups in total. The van der Waals surface area contributed by atoms with Gasteiger partial charge in [-0.3, -0.25) is 4.90 Å². The standard InChI is InChI=1S/C15H22N4O/c1-3-19-11-16-17-15(19)13-5-4-8-18(9-13)10-14-7-6-12(2)20-14/h6-7,11,13H,3-5,8-10H2,1-2H3. The molecule has 2 aromatic rings. The number of likely N-dealkylation sites (tertiary alicyclic amines) is 1. The van der Waals surface area contributed by atoms with Gasteiger partial charge in [-0.25, -0.2) is 0 Å². The van der Waals surface area contributed by atoms with E-state index in [1.165, 1.54) is 12.8 Å². The Bertz CT molecular complexity index is 560. The number of rotatable bonds is 4. The Kier molecular flexibility index (Phi) is 3.87. The van der Waals surface area contributed by atoms with Crippen LogP contribution in [0.1, 0.15) is 43.0 Å². The van der Waals surface area contributed by atoms with Crippen molar-refractivity contribution in [1.29, 1.82) is 0 Å². The number of aryl methyl sites for hydroxylation is 2. The van der Waals surface area contributed by atoms with Gasteiger partial charge in [0.1, 0.15) is 23.7 Å². The van der Waals surface area contributed by atoms with Crippen molar-refractivity contribution in [1.82, 2.24) is 19.7 Å². The number of aromatic nitrogens is 3. The summed E-state index contributed by atoms with van der Waals surface area (Å²) in [6.07, 6.45) is 4.25. The van der Waals surface area contributed by atoms with Gasteiger partial charge in [-0.05, 0) is 45.4 Å². The highest BCUT2D eigenvalue weighted by Gasteiger charge is 2.25. The third-order valence-corrected chi connectivity index (χ3v) is 4.03. The van der Waals surface area contributed by atoms with Crippen molar-refractivity contribution in [2.24, 2.45) is 0 Å². The predicted molar refractivity (Wildman–Crippen MR) is 76.4 cm³/mol. The van der Waals surface area contributed by atoms with E-state index in [0.717, 1.165) is 43.5 Å². The van der Waals surface area contributed by atoms with E-state index in [1.54, 1.807) is 0 Å². The number of nitrogens with zero attached hydrogens (tertiary/aromatic N) is 4. The SMILES string of the molecule is CCn1cnnc1C1CCCN(Cc2ccc(C)o2)C1. The zero-order valence-electron chi connectivity index (χ0n) is 12.2. The summed E-state index contributed by atoms with van der Waals surface area (Å²) in [5, 5.41) is 8.38. The highest BCUT2D eigenvalue weighted by molar-refractivity contribution is 5.06. The molecule has 5 heteroatoms. The van der Waals surface area contributed by atoms with Crippen LogP contribution in [-0.4, -0.2) is 32.8 Å². The predicted octanol–water partition coefficient (Wildman–Crippen LogP) is 2.58. The molecule has 20 heavy (non-hydrogen) atoms. The molecule has 5 nitrogen and oxygen atoms in total. The molecule has 0 aliphatic carbocycles. The van der Waals surface area contributed by atoms with E-state index in [0.29, 0.717) is 5.92 Å². The van der Waals surface area contributed by atoms with E-state index in [1.807, 2.05) is 19.3 Å². The topological polar surface area (TPSA) is 47.1 Å². The summed E-state index contributed by atoms with van der Waals surface area (Å²) >= 11 is 0. The molecule has 1 saturated heterocycles. The van der Waals surface area contributed by atoms with Crippen molar-refractivity contribution in [3.8, 4) is 0 Å². The van der Waals surface area contributed by atoms with Crippen molar-refractivity contribution in [3.05, 3.63) is 35.8 Å². The average molecular weight is 274 g/mol. The maximum absolute atomic E-state index is 5.68. The van der Waals surface area contributed by atoms with Gasteiger partial charge in [-0.1, -0.05) is 0 Å². The van der Waals surface area contributed by atoms with Gasteiger partial charge in [0.25, 0.3) is 0 Å². The fraction of sp³-hybridized carbons (Fsp3) is 0.600. The summed E-state index contributed by atoms with van der Waals surface area (Å²) in [6.45, 7) is 8.14. The van der Waals surface area contributed by atoms with Gasteiger partial charge < -0.3 is 8.98 Å². The van der Waals surface area contributed by atoms with Gasteiger partial charge in [-0.2, -0.15) is 0 Å². The van der Waals surface area contributed by atoms with E-state index in [-0.39, 0.29) is 0 Å². The number of piperidine rings is 1. The van der Waals surface area contributed by atoms with Crippen molar-refractivity contribution >= 4 is 0 Å². The van der Waals surface area contributed by atoms with Crippen molar-refractivity contribution in [2.75, 3.05) is 13.1 Å². The summed E-state index contributed by atoms with van der Waals surface area (Å²) in [4.78, 5) is 2.46. The first-order valence-corrected chi connectivity index (χ1v) is 7.41. The van der Waals surface area contributed by atoms with Gasteiger partial charge in [0.15, 0.2) is 0 Å². The monoisotopic (exact) mass is 274 g/mol. The minimum atomic E-state index is 0.488. The van der Waals surface area contributed by atoms with Gasteiger partial charge >= 0.3 is 0 Å². The molecule has 0 amide bonds. The molecular formula is C15H22N4O. The van der Waals surface area contributed by atoms with Crippen LogP contribution in [0.2, 0.25) is 0 Å². The second-order valence-corrected chi connectivity index (χ2v) is 5.56. The normalized spacial score (nSPS) is 20.4. The molecule has 0 saturated carbocycles. The molecule has 108 valence electrons. The largest absolute Gasteiger partial charge is 0.465 e. The lowest BCUT2D eigenvalue weighted by Crippen LogP contribution is -2.34. The lowest BCUT2D eigenvalue weighted by Gasteiger charge is -2.31. The van der Waals surface area contributed by atoms with E-state index in [9.17, 15) is 0 Å². The molecule has 3 heterocycles. The molecule has 1 atom stereocenters. The lowest BCUT2D eigenvalue weighted by atomic mass is 9.97. The minimum absolute atomic E-state index is 0.488. The summed E-state index contributed by atoms with van der Waals surface area (Å²) in [7, 11) is 0. The van der Waals surface area contributed by atoms with Crippen molar-refractivity contribution in [3.63, 3.8) is 0 Å². The first-order chi connectivity index (χ1) is 9.76. The van der Waals surface area contributed by atoms with E-state index >= 15 is 0 Å². The highest BCUT2D eigenvalue weighted by Crippen LogP contribution is 2.26. The molecule has 1 unspecified atom stereocenters. The average Bonchev–Trinajstić information content (AvgIpc) is 3.08. The molecule has 1 aliphatic heterocycles. The van der Waals surface area contributed by atoms with Gasteiger partial charge in [0, 0.05) is 19.0 Å². The van der Waals surface area contributed by atoms with Crippen LogP contribution in [0.15, 0.2) is 22.9 Å². The van der Waals surface area contributed by atoms with Crippen LogP contribution in [0.25, 0.3) is 0 Å². The fourth-order valence-electron chi connectivity index (χ4n) is 3.02. The molecule has 0 bridgehead atoms. The van der Waals surface area contributed by atoms with Crippen LogP contribution in [0.3, 0.4) is 0 Å². The summed E-state index contributed by atoms with van der Waals surface area (Å²) < 4.78 is 7.84. The van der Waals surface area contributed by atoms with Crippen LogP contribution >= 0.6 is 0 Å². The number of hydrogen-bond donors (Lipinski definition) is 0. The first kappa shape index (κ1) is 13.4. The van der Waals surface area contributed by atoms with Crippen LogP contribution in [0.4, 0.5) is 0 Å². The maximum atomic E-state index is 5.68. The molecular weight excluding hydrogens is 252 g/mol. The highest BCUT2D eigenvalue weighted by atomic mass is 16.3. The van der Waals surface area contributed by atoms with E-state index < -0.39 is 0 Å². The Labute approximate surface area is 119 Å². The van der Waals surface area contributed by atoms with E-state index in [2.05, 4.69) is 32.7 Å². The summed E-state index contributed by atoms with van der Waals surface area (Å²) in [5.41, 5.74) is 0. The molecule has 0 radical (unpaired) electrons. The molecule has 3 rings (SSSR count). The Hall–Kier alpha value is -1.62. The van der Waals surface area contributed by atoms with Gasteiger partial charge in [0.05, 0.1) is 6.54 Å². The molecule has 1 aliphatic rings. The third kappa shape index (κ3) is 2.77. The zero-order valence-corrected chi connectivity index (χ0v) is 12.2. The second-order valence-electron chi connectivity index (χ2n) is 5.56. The van der Waals surface area contributed by atoms with Crippen molar-refractivity contribution in [2.45, 2.75) is 45.7 Å². The zero-order chi connectivity index (χ0) is 13.9. The van der Waals surface area contributed by atoms with Crippen LogP contribution in [0, 0.1) is 6.92 Å². The Morgan fingerprint density at radius 3 is 3.05 bits per heavy atom. The first-order valence-electron chi connectivity index (χ1n) is 7.41. The van der Waals surface area contributed by atoms with Crippen LogP contribution in [-0.2, 0) is 13.1 Å². The third-order valence-electron chi connectivity index (χ3n) is 4.03. The molecule has 0 spiro atoms. The van der Waals surface area contributed by atoms with E-state index in [4.69, 9.17) is 4.42 Å². The fourth-order valence-corrected chi connectivity index (χ4v) is 3.02.